The molecule has 0 bridgehead atoms. The first kappa shape index (κ1) is 14.8. The number of nitrogens with zero attached hydrogens (tertiary/aromatic N) is 2. The molecule has 0 saturated heterocycles. The van der Waals surface area contributed by atoms with Gasteiger partial charge >= 0.3 is 5.69 Å². The van der Waals surface area contributed by atoms with Crippen molar-refractivity contribution in [1.29, 1.82) is 0 Å². The van der Waals surface area contributed by atoms with Crippen LogP contribution in [0.4, 0.5) is 0 Å². The van der Waals surface area contributed by atoms with E-state index in [0.717, 1.165) is 0 Å². The summed E-state index contributed by atoms with van der Waals surface area (Å²) >= 11 is 0. The van der Waals surface area contributed by atoms with Crippen LogP contribution < -0.4 is 15.7 Å². The van der Waals surface area contributed by atoms with Gasteiger partial charge in [0.25, 0.3) is 0 Å². The largest absolute Gasteiger partial charge is 0.328 e. The molecule has 0 aliphatic rings. The van der Waals surface area contributed by atoms with Crippen LogP contribution in [0.15, 0.2) is 27.9 Å². The summed E-state index contributed by atoms with van der Waals surface area (Å²) in [6.45, 7) is 0.857. The van der Waals surface area contributed by atoms with Crippen LogP contribution in [0.3, 0.4) is 0 Å². The lowest BCUT2D eigenvalue weighted by Gasteiger charge is -2.07. The second kappa shape index (κ2) is 5.39. The van der Waals surface area contributed by atoms with E-state index in [4.69, 9.17) is 0 Å². The number of fused-ring (bicyclic) bond motifs is 1. The van der Waals surface area contributed by atoms with Crippen LogP contribution in [0.5, 0.6) is 0 Å². The lowest BCUT2D eigenvalue weighted by molar-refractivity contribution is 0.579. The fourth-order valence-electron chi connectivity index (χ4n) is 2.05. The Morgan fingerprint density at radius 1 is 1.10 bits per heavy atom. The number of aryl methyl sites for hydroxylation is 2. The monoisotopic (exact) mass is 298 g/mol. The van der Waals surface area contributed by atoms with Crippen molar-refractivity contribution in [2.75, 3.05) is 20.1 Å². The molecule has 0 atom stereocenters. The first-order valence-corrected chi connectivity index (χ1v) is 7.66. The van der Waals surface area contributed by atoms with E-state index in [9.17, 15) is 13.2 Å². The third kappa shape index (κ3) is 2.49. The van der Waals surface area contributed by atoms with E-state index in [1.165, 1.54) is 21.3 Å². The molecule has 1 heterocycles. The fraction of sp³-hybridized carbons (Fsp3) is 0.417. The van der Waals surface area contributed by atoms with E-state index in [2.05, 4.69) is 10.0 Å². The predicted molar refractivity (Wildman–Crippen MR) is 77.3 cm³/mol. The fourth-order valence-corrected chi connectivity index (χ4v) is 3.10. The van der Waals surface area contributed by atoms with Crippen molar-refractivity contribution in [1.82, 2.24) is 19.2 Å². The normalized spacial score (nSPS) is 12.2. The minimum atomic E-state index is -3.56. The lowest BCUT2D eigenvalue weighted by atomic mass is 10.3. The standard InChI is InChI=1S/C12H18N4O3S/c1-13-6-7-14-20(18,19)9-4-5-10-11(8-9)16(3)12(17)15(10)2/h4-5,8,13-14H,6-7H2,1-3H3. The van der Waals surface area contributed by atoms with Gasteiger partial charge < -0.3 is 5.32 Å². The molecule has 0 fully saturated rings. The summed E-state index contributed by atoms with van der Waals surface area (Å²) in [6.07, 6.45) is 0. The van der Waals surface area contributed by atoms with Gasteiger partial charge in [-0.1, -0.05) is 0 Å². The maximum atomic E-state index is 12.1. The molecule has 110 valence electrons. The van der Waals surface area contributed by atoms with Crippen LogP contribution in [0.25, 0.3) is 11.0 Å². The molecule has 2 rings (SSSR count). The smallest absolute Gasteiger partial charge is 0.318 e. The molecular formula is C12H18N4O3S. The zero-order valence-electron chi connectivity index (χ0n) is 11.7. The van der Waals surface area contributed by atoms with Gasteiger partial charge in [-0.05, 0) is 25.2 Å². The topological polar surface area (TPSA) is 85.1 Å². The van der Waals surface area contributed by atoms with E-state index >= 15 is 0 Å². The van der Waals surface area contributed by atoms with E-state index in [1.807, 2.05) is 0 Å². The molecule has 0 saturated carbocycles. The summed E-state index contributed by atoms with van der Waals surface area (Å²) in [5.41, 5.74) is 1.11. The molecule has 8 heteroatoms. The van der Waals surface area contributed by atoms with Crippen molar-refractivity contribution >= 4 is 21.1 Å². The Morgan fingerprint density at radius 3 is 2.40 bits per heavy atom. The zero-order valence-corrected chi connectivity index (χ0v) is 12.5. The summed E-state index contributed by atoms with van der Waals surface area (Å²) in [5, 5.41) is 2.87. The Labute approximate surface area is 117 Å². The highest BCUT2D eigenvalue weighted by molar-refractivity contribution is 7.89. The summed E-state index contributed by atoms with van der Waals surface area (Å²) in [4.78, 5) is 12.0. The van der Waals surface area contributed by atoms with Crippen LogP contribution >= 0.6 is 0 Å². The highest BCUT2D eigenvalue weighted by atomic mass is 32.2. The molecule has 0 radical (unpaired) electrons. The highest BCUT2D eigenvalue weighted by Gasteiger charge is 2.16. The van der Waals surface area contributed by atoms with Crippen molar-refractivity contribution < 1.29 is 8.42 Å². The molecule has 20 heavy (non-hydrogen) atoms. The Bertz CT molecular complexity index is 789. The van der Waals surface area contributed by atoms with Crippen LogP contribution in [-0.2, 0) is 24.1 Å². The molecule has 0 amide bonds. The zero-order chi connectivity index (χ0) is 14.9. The molecule has 7 nitrogen and oxygen atoms in total. The van der Waals surface area contributed by atoms with Crippen molar-refractivity contribution in [2.24, 2.45) is 14.1 Å². The number of hydrogen-bond donors (Lipinski definition) is 2. The first-order valence-electron chi connectivity index (χ1n) is 6.18. The summed E-state index contributed by atoms with van der Waals surface area (Å²) in [7, 11) is 1.47. The molecule has 1 aromatic carbocycles. The van der Waals surface area contributed by atoms with Gasteiger partial charge in [-0.25, -0.2) is 17.9 Å². The number of rotatable bonds is 5. The molecule has 1 aromatic heterocycles. The molecule has 0 unspecified atom stereocenters. The minimum absolute atomic E-state index is 0.155. The molecule has 0 aliphatic heterocycles. The van der Waals surface area contributed by atoms with Gasteiger partial charge in [0, 0.05) is 27.2 Å². The summed E-state index contributed by atoms with van der Waals surface area (Å²) < 4.78 is 29.7. The van der Waals surface area contributed by atoms with E-state index < -0.39 is 10.0 Å². The maximum absolute atomic E-state index is 12.1. The van der Waals surface area contributed by atoms with Gasteiger partial charge in [-0.2, -0.15) is 0 Å². The highest BCUT2D eigenvalue weighted by Crippen LogP contribution is 2.17. The quantitative estimate of drug-likeness (QED) is 0.720. The number of benzene rings is 1. The number of sulfonamides is 1. The summed E-state index contributed by atoms with van der Waals surface area (Å²) in [6, 6.07) is 4.66. The van der Waals surface area contributed by atoms with Gasteiger partial charge in [0.2, 0.25) is 10.0 Å². The van der Waals surface area contributed by atoms with Gasteiger partial charge in [-0.3, -0.25) is 9.13 Å². The Morgan fingerprint density at radius 2 is 1.75 bits per heavy atom. The number of likely N-dealkylation sites (N-methyl/N-ethyl adjacent to an activating group) is 1. The molecule has 2 N–H and O–H groups in total. The first-order chi connectivity index (χ1) is 9.38. The molecule has 0 aliphatic carbocycles. The lowest BCUT2D eigenvalue weighted by Crippen LogP contribution is -2.30. The second-order valence-electron chi connectivity index (χ2n) is 4.55. The minimum Gasteiger partial charge on any atom is -0.318 e. The number of imidazole rings is 1. The van der Waals surface area contributed by atoms with Crippen molar-refractivity contribution in [3.63, 3.8) is 0 Å². The van der Waals surface area contributed by atoms with Crippen LogP contribution in [0.2, 0.25) is 0 Å². The Balaban J connectivity index is 2.47. The van der Waals surface area contributed by atoms with E-state index in [1.54, 1.807) is 27.2 Å². The number of hydrogen-bond acceptors (Lipinski definition) is 4. The van der Waals surface area contributed by atoms with Crippen molar-refractivity contribution in [3.8, 4) is 0 Å². The SMILES string of the molecule is CNCCNS(=O)(=O)c1ccc2c(c1)n(C)c(=O)n2C. The maximum Gasteiger partial charge on any atom is 0.328 e. The number of nitrogens with one attached hydrogen (secondary N) is 2. The Kier molecular flexibility index (Phi) is 3.98. The average Bonchev–Trinajstić information content (AvgIpc) is 2.64. The average molecular weight is 298 g/mol. The van der Waals surface area contributed by atoms with E-state index in [0.29, 0.717) is 24.1 Å². The Hall–Kier alpha value is -1.64. The summed E-state index contributed by atoms with van der Waals surface area (Å²) in [5.74, 6) is 0. The molecule has 0 spiro atoms. The van der Waals surface area contributed by atoms with Gasteiger partial charge in [0.1, 0.15) is 0 Å². The van der Waals surface area contributed by atoms with Crippen LogP contribution in [-0.4, -0.2) is 37.7 Å². The van der Waals surface area contributed by atoms with Crippen molar-refractivity contribution in [3.05, 3.63) is 28.7 Å². The third-order valence-corrected chi connectivity index (χ3v) is 4.68. The van der Waals surface area contributed by atoms with Crippen molar-refractivity contribution in [2.45, 2.75) is 4.90 Å². The van der Waals surface area contributed by atoms with Gasteiger partial charge in [0.05, 0.1) is 15.9 Å². The third-order valence-electron chi connectivity index (χ3n) is 3.22. The van der Waals surface area contributed by atoms with Crippen LogP contribution in [0.1, 0.15) is 0 Å². The van der Waals surface area contributed by atoms with E-state index in [-0.39, 0.29) is 10.6 Å². The van der Waals surface area contributed by atoms with Gasteiger partial charge in [-0.15, -0.1) is 0 Å². The molecule has 2 aromatic rings. The number of aromatic nitrogens is 2. The van der Waals surface area contributed by atoms with Gasteiger partial charge in [0.15, 0.2) is 0 Å². The predicted octanol–water partition coefficient (Wildman–Crippen LogP) is -0.625. The van der Waals surface area contributed by atoms with Crippen LogP contribution in [0, 0.1) is 0 Å². The molecular weight excluding hydrogens is 280 g/mol. The second-order valence-corrected chi connectivity index (χ2v) is 6.32.